The van der Waals surface area contributed by atoms with Gasteiger partial charge < -0.3 is 10.4 Å². The summed E-state index contributed by atoms with van der Waals surface area (Å²) < 4.78 is 1.30. The van der Waals surface area contributed by atoms with Gasteiger partial charge in [-0.15, -0.1) is 5.10 Å². The molecule has 0 bridgehead atoms. The zero-order valence-corrected chi connectivity index (χ0v) is 13.4. The van der Waals surface area contributed by atoms with E-state index in [1.807, 2.05) is 25.1 Å². The third kappa shape index (κ3) is 4.15. The quantitative estimate of drug-likeness (QED) is 0.849. The average molecular weight is 316 g/mol. The van der Waals surface area contributed by atoms with Gasteiger partial charge in [0.25, 0.3) is 0 Å². The largest absolute Gasteiger partial charge is 0.481 e. The third-order valence-electron chi connectivity index (χ3n) is 3.52. The van der Waals surface area contributed by atoms with Gasteiger partial charge in [0.15, 0.2) is 0 Å². The van der Waals surface area contributed by atoms with Gasteiger partial charge >= 0.3 is 5.97 Å². The SMILES string of the molecule is Cc1cccc(C(C)C)c1NC(=O)Cn1nncc1CC(=O)O. The van der Waals surface area contributed by atoms with Crippen molar-refractivity contribution in [1.82, 2.24) is 15.0 Å². The number of benzene rings is 1. The van der Waals surface area contributed by atoms with Crippen molar-refractivity contribution in [3.05, 3.63) is 41.2 Å². The second-order valence-corrected chi connectivity index (χ2v) is 5.70. The highest BCUT2D eigenvalue weighted by atomic mass is 16.4. The Morgan fingerprint density at radius 1 is 1.35 bits per heavy atom. The minimum absolute atomic E-state index is 0.0749. The normalized spacial score (nSPS) is 10.8. The first-order valence-corrected chi connectivity index (χ1v) is 7.37. The minimum atomic E-state index is -0.991. The molecule has 2 aromatic rings. The van der Waals surface area contributed by atoms with Gasteiger partial charge in [-0.1, -0.05) is 37.3 Å². The van der Waals surface area contributed by atoms with E-state index in [0.717, 1.165) is 16.8 Å². The van der Waals surface area contributed by atoms with Crippen molar-refractivity contribution >= 4 is 17.6 Å². The number of aromatic nitrogens is 3. The number of carbonyl (C=O) groups is 2. The van der Waals surface area contributed by atoms with E-state index in [0.29, 0.717) is 5.69 Å². The summed E-state index contributed by atoms with van der Waals surface area (Å²) in [5, 5.41) is 19.2. The van der Waals surface area contributed by atoms with E-state index in [-0.39, 0.29) is 24.8 Å². The zero-order chi connectivity index (χ0) is 17.0. The summed E-state index contributed by atoms with van der Waals surface area (Å²) in [6.45, 7) is 5.99. The van der Waals surface area contributed by atoms with Crippen LogP contribution in [0.1, 0.15) is 36.6 Å². The number of carboxylic acids is 1. The van der Waals surface area contributed by atoms with Crippen LogP contribution in [0.2, 0.25) is 0 Å². The van der Waals surface area contributed by atoms with Crippen molar-refractivity contribution in [3.63, 3.8) is 0 Å². The molecule has 0 atom stereocenters. The Morgan fingerprint density at radius 2 is 2.09 bits per heavy atom. The molecule has 1 aromatic heterocycles. The number of carbonyl (C=O) groups excluding carboxylic acids is 1. The Labute approximate surface area is 134 Å². The first kappa shape index (κ1) is 16.7. The molecule has 122 valence electrons. The summed E-state index contributed by atoms with van der Waals surface area (Å²) in [6, 6.07) is 5.88. The van der Waals surface area contributed by atoms with Crippen molar-refractivity contribution in [3.8, 4) is 0 Å². The number of para-hydroxylation sites is 1. The molecule has 0 fully saturated rings. The number of anilines is 1. The number of rotatable bonds is 6. The molecule has 7 nitrogen and oxygen atoms in total. The van der Waals surface area contributed by atoms with Crippen LogP contribution >= 0.6 is 0 Å². The number of carboxylic acid groups (broad SMARTS) is 1. The average Bonchev–Trinajstić information content (AvgIpc) is 2.87. The van der Waals surface area contributed by atoms with Gasteiger partial charge in [-0.3, -0.25) is 9.59 Å². The summed E-state index contributed by atoms with van der Waals surface area (Å²) in [5.74, 6) is -0.979. The Morgan fingerprint density at radius 3 is 2.74 bits per heavy atom. The van der Waals surface area contributed by atoms with Crippen LogP contribution < -0.4 is 5.32 Å². The maximum atomic E-state index is 12.3. The van der Waals surface area contributed by atoms with E-state index >= 15 is 0 Å². The van der Waals surface area contributed by atoms with Gasteiger partial charge in [-0.2, -0.15) is 0 Å². The van der Waals surface area contributed by atoms with Gasteiger partial charge in [0.2, 0.25) is 5.91 Å². The van der Waals surface area contributed by atoms with E-state index in [1.165, 1.54) is 10.9 Å². The predicted molar refractivity (Wildman–Crippen MR) is 85.3 cm³/mol. The van der Waals surface area contributed by atoms with Gasteiger partial charge in [0.1, 0.15) is 6.54 Å². The standard InChI is InChI=1S/C16H20N4O3/c1-10(2)13-6-4-5-11(3)16(13)18-14(21)9-20-12(7-15(22)23)8-17-19-20/h4-6,8,10H,7,9H2,1-3H3,(H,18,21)(H,22,23). The maximum Gasteiger partial charge on any atom is 0.309 e. The molecule has 0 aliphatic heterocycles. The van der Waals surface area contributed by atoms with E-state index in [9.17, 15) is 9.59 Å². The van der Waals surface area contributed by atoms with Crippen LogP contribution in [0.4, 0.5) is 5.69 Å². The molecular weight excluding hydrogens is 296 g/mol. The van der Waals surface area contributed by atoms with Crippen molar-refractivity contribution in [2.45, 2.75) is 39.7 Å². The molecule has 0 aliphatic rings. The Balaban J connectivity index is 2.15. The molecule has 2 N–H and O–H groups in total. The smallest absolute Gasteiger partial charge is 0.309 e. The first-order valence-electron chi connectivity index (χ1n) is 7.37. The molecule has 1 aromatic carbocycles. The number of amides is 1. The fourth-order valence-corrected chi connectivity index (χ4v) is 2.36. The number of aryl methyl sites for hydroxylation is 1. The van der Waals surface area contributed by atoms with E-state index < -0.39 is 5.97 Å². The van der Waals surface area contributed by atoms with E-state index in [4.69, 9.17) is 5.11 Å². The molecule has 0 saturated heterocycles. The number of aliphatic carboxylic acids is 1. The minimum Gasteiger partial charge on any atom is -0.481 e. The molecule has 23 heavy (non-hydrogen) atoms. The molecule has 2 rings (SSSR count). The third-order valence-corrected chi connectivity index (χ3v) is 3.52. The lowest BCUT2D eigenvalue weighted by Crippen LogP contribution is -2.23. The first-order chi connectivity index (χ1) is 10.9. The molecule has 1 amide bonds. The van der Waals surface area contributed by atoms with Crippen molar-refractivity contribution in [2.75, 3.05) is 5.32 Å². The number of nitrogens with zero attached hydrogens (tertiary/aromatic N) is 3. The molecule has 7 heteroatoms. The summed E-state index contributed by atoms with van der Waals surface area (Å²) in [6.07, 6.45) is 1.14. The van der Waals surface area contributed by atoms with Crippen LogP contribution in [0, 0.1) is 6.92 Å². The van der Waals surface area contributed by atoms with Crippen LogP contribution in [-0.2, 0) is 22.6 Å². The topological polar surface area (TPSA) is 97.1 Å². The summed E-state index contributed by atoms with van der Waals surface area (Å²) in [5.41, 5.74) is 3.23. The lowest BCUT2D eigenvalue weighted by Gasteiger charge is -2.16. The lowest BCUT2D eigenvalue weighted by atomic mass is 9.98. The second kappa shape index (κ2) is 7.04. The lowest BCUT2D eigenvalue weighted by molar-refractivity contribution is -0.136. The van der Waals surface area contributed by atoms with Gasteiger partial charge in [-0.25, -0.2) is 4.68 Å². The fraction of sp³-hybridized carbons (Fsp3) is 0.375. The number of hydrogen-bond acceptors (Lipinski definition) is 4. The van der Waals surface area contributed by atoms with Gasteiger partial charge in [0.05, 0.1) is 18.3 Å². The predicted octanol–water partition coefficient (Wildman–Crippen LogP) is 1.98. The van der Waals surface area contributed by atoms with Gasteiger partial charge in [-0.05, 0) is 24.0 Å². The second-order valence-electron chi connectivity index (χ2n) is 5.70. The van der Waals surface area contributed by atoms with Crippen LogP contribution in [0.3, 0.4) is 0 Å². The molecule has 0 spiro atoms. The molecule has 0 unspecified atom stereocenters. The van der Waals surface area contributed by atoms with Crippen LogP contribution in [0.15, 0.2) is 24.4 Å². The maximum absolute atomic E-state index is 12.3. The molecule has 0 radical (unpaired) electrons. The summed E-state index contributed by atoms with van der Waals surface area (Å²) in [7, 11) is 0. The van der Waals surface area contributed by atoms with Crippen molar-refractivity contribution in [1.29, 1.82) is 0 Å². The summed E-state index contributed by atoms with van der Waals surface area (Å²) >= 11 is 0. The highest BCUT2D eigenvalue weighted by Crippen LogP contribution is 2.27. The number of hydrogen-bond donors (Lipinski definition) is 2. The highest BCUT2D eigenvalue weighted by Gasteiger charge is 2.15. The van der Waals surface area contributed by atoms with Gasteiger partial charge in [0, 0.05) is 5.69 Å². The summed E-state index contributed by atoms with van der Waals surface area (Å²) in [4.78, 5) is 23.1. The molecule has 1 heterocycles. The van der Waals surface area contributed by atoms with Crippen molar-refractivity contribution in [2.24, 2.45) is 0 Å². The number of nitrogens with one attached hydrogen (secondary N) is 1. The molecular formula is C16H20N4O3. The van der Waals surface area contributed by atoms with Crippen molar-refractivity contribution < 1.29 is 14.7 Å². The Kier molecular flexibility index (Phi) is 5.10. The zero-order valence-electron chi connectivity index (χ0n) is 13.4. The molecule has 0 aliphatic carbocycles. The van der Waals surface area contributed by atoms with Crippen LogP contribution in [0.25, 0.3) is 0 Å². The molecule has 0 saturated carbocycles. The van der Waals surface area contributed by atoms with E-state index in [1.54, 1.807) is 0 Å². The Bertz CT molecular complexity index is 722. The Hall–Kier alpha value is -2.70. The monoisotopic (exact) mass is 316 g/mol. The fourth-order valence-electron chi connectivity index (χ4n) is 2.36. The highest BCUT2D eigenvalue weighted by molar-refractivity contribution is 5.92. The van der Waals surface area contributed by atoms with E-state index in [2.05, 4.69) is 29.5 Å². The van der Waals surface area contributed by atoms with Crippen LogP contribution in [-0.4, -0.2) is 32.0 Å². The van der Waals surface area contributed by atoms with Crippen LogP contribution in [0.5, 0.6) is 0 Å².